The minimum absolute atomic E-state index is 0.145. The van der Waals surface area contributed by atoms with Crippen LogP contribution in [0.4, 0.5) is 0 Å². The molecule has 2 aromatic carbocycles. The fourth-order valence-corrected chi connectivity index (χ4v) is 3.18. The first-order valence-electron chi connectivity index (χ1n) is 8.00. The first kappa shape index (κ1) is 14.8. The highest BCUT2D eigenvalue weighted by Crippen LogP contribution is 2.17. The molecule has 1 saturated heterocycles. The number of piperazine rings is 1. The number of carbonyl (C=O) groups excluding carboxylic acids is 1. The van der Waals surface area contributed by atoms with Gasteiger partial charge in [-0.3, -0.25) is 4.79 Å². The van der Waals surface area contributed by atoms with E-state index in [-0.39, 0.29) is 5.91 Å². The second kappa shape index (κ2) is 6.75. The number of nitrogens with one attached hydrogen (secondary N) is 1. The molecule has 0 atom stereocenters. The number of hydrogen-bond acceptors (Lipinski definition) is 1. The van der Waals surface area contributed by atoms with Gasteiger partial charge in [0.1, 0.15) is 6.54 Å². The van der Waals surface area contributed by atoms with E-state index >= 15 is 0 Å². The molecule has 3 nitrogen and oxygen atoms in total. The van der Waals surface area contributed by atoms with Gasteiger partial charge >= 0.3 is 0 Å². The standard InChI is InChI=1S/C19H22N2O/c1-2-6-19(22)21-13-11-20(12-14-21)15-17-9-5-8-16-7-3-4-10-18(16)17/h2-10H,11-15H2,1H3/p+1/b6-2+. The maximum atomic E-state index is 11.9. The van der Waals surface area contributed by atoms with Crippen molar-refractivity contribution in [3.05, 3.63) is 60.2 Å². The molecule has 1 N–H and O–H groups in total. The Morgan fingerprint density at radius 1 is 1.14 bits per heavy atom. The third-order valence-electron chi connectivity index (χ3n) is 4.41. The Balaban J connectivity index is 1.66. The van der Waals surface area contributed by atoms with Crippen LogP contribution in [0.2, 0.25) is 0 Å². The molecule has 0 bridgehead atoms. The molecule has 3 heteroatoms. The van der Waals surface area contributed by atoms with E-state index in [0.717, 1.165) is 32.7 Å². The third kappa shape index (κ3) is 3.20. The molecule has 1 aliphatic heterocycles. The van der Waals surface area contributed by atoms with E-state index in [9.17, 15) is 4.79 Å². The van der Waals surface area contributed by atoms with Gasteiger partial charge in [-0.25, -0.2) is 0 Å². The summed E-state index contributed by atoms with van der Waals surface area (Å²) in [4.78, 5) is 15.4. The van der Waals surface area contributed by atoms with Crippen molar-refractivity contribution in [2.45, 2.75) is 13.5 Å². The number of rotatable bonds is 3. The predicted octanol–water partition coefficient (Wildman–Crippen LogP) is 1.64. The van der Waals surface area contributed by atoms with E-state index in [2.05, 4.69) is 42.5 Å². The molecule has 1 heterocycles. The van der Waals surface area contributed by atoms with E-state index < -0.39 is 0 Å². The van der Waals surface area contributed by atoms with Crippen LogP contribution in [0.25, 0.3) is 10.8 Å². The molecule has 114 valence electrons. The number of nitrogens with zero attached hydrogens (tertiary/aromatic N) is 1. The number of amides is 1. The summed E-state index contributed by atoms with van der Waals surface area (Å²) < 4.78 is 0. The van der Waals surface area contributed by atoms with E-state index in [0.29, 0.717) is 0 Å². The van der Waals surface area contributed by atoms with Crippen LogP contribution in [0.5, 0.6) is 0 Å². The van der Waals surface area contributed by atoms with Gasteiger partial charge in [-0.05, 0) is 23.8 Å². The quantitative estimate of drug-likeness (QED) is 0.856. The highest BCUT2D eigenvalue weighted by molar-refractivity contribution is 5.87. The molecule has 2 aromatic rings. The van der Waals surface area contributed by atoms with Crippen LogP contribution in [-0.2, 0) is 11.3 Å². The van der Waals surface area contributed by atoms with Crippen molar-refractivity contribution in [1.29, 1.82) is 0 Å². The highest BCUT2D eigenvalue weighted by Gasteiger charge is 2.22. The molecular formula is C19H23N2O+. The summed E-state index contributed by atoms with van der Waals surface area (Å²) in [6.07, 6.45) is 3.48. The number of allylic oxidation sites excluding steroid dienone is 1. The summed E-state index contributed by atoms with van der Waals surface area (Å²) in [5.74, 6) is 0.145. The lowest BCUT2D eigenvalue weighted by molar-refractivity contribution is -0.917. The molecule has 1 fully saturated rings. The van der Waals surface area contributed by atoms with Crippen molar-refractivity contribution < 1.29 is 9.69 Å². The Labute approximate surface area is 131 Å². The lowest BCUT2D eigenvalue weighted by Gasteiger charge is -2.31. The third-order valence-corrected chi connectivity index (χ3v) is 4.41. The van der Waals surface area contributed by atoms with Crippen molar-refractivity contribution in [1.82, 2.24) is 4.90 Å². The SMILES string of the molecule is C/C=C/C(=O)N1CC[NH+](Cc2cccc3ccccc23)CC1. The molecular weight excluding hydrogens is 272 g/mol. The normalized spacial score (nSPS) is 16.5. The molecule has 0 unspecified atom stereocenters. The second-order valence-electron chi connectivity index (χ2n) is 5.89. The molecule has 1 amide bonds. The van der Waals surface area contributed by atoms with E-state index in [1.807, 2.05) is 17.9 Å². The monoisotopic (exact) mass is 295 g/mol. The van der Waals surface area contributed by atoms with Gasteiger partial charge in [0.05, 0.1) is 26.2 Å². The fraction of sp³-hybridized carbons (Fsp3) is 0.316. The van der Waals surface area contributed by atoms with E-state index in [1.54, 1.807) is 11.0 Å². The molecule has 0 aliphatic carbocycles. The molecule has 1 aliphatic rings. The minimum atomic E-state index is 0.145. The molecule has 3 rings (SSSR count). The zero-order valence-corrected chi connectivity index (χ0v) is 13.1. The van der Waals surface area contributed by atoms with Gasteiger partial charge in [-0.1, -0.05) is 48.5 Å². The zero-order valence-electron chi connectivity index (χ0n) is 13.1. The fourth-order valence-electron chi connectivity index (χ4n) is 3.18. The second-order valence-corrected chi connectivity index (χ2v) is 5.89. The van der Waals surface area contributed by atoms with Gasteiger partial charge in [-0.15, -0.1) is 0 Å². The summed E-state index contributed by atoms with van der Waals surface area (Å²) in [5.41, 5.74) is 1.40. The van der Waals surface area contributed by atoms with Gasteiger partial charge in [0, 0.05) is 5.56 Å². The Bertz CT molecular complexity index is 679. The Hall–Kier alpha value is -2.13. The first-order valence-corrected chi connectivity index (χ1v) is 8.00. The predicted molar refractivity (Wildman–Crippen MR) is 89.7 cm³/mol. The minimum Gasteiger partial charge on any atom is -0.328 e. The highest BCUT2D eigenvalue weighted by atomic mass is 16.2. The number of carbonyl (C=O) groups is 1. The van der Waals surface area contributed by atoms with E-state index in [1.165, 1.54) is 16.3 Å². The first-order chi connectivity index (χ1) is 10.8. The van der Waals surface area contributed by atoms with Gasteiger partial charge < -0.3 is 9.80 Å². The van der Waals surface area contributed by atoms with Crippen molar-refractivity contribution >= 4 is 16.7 Å². The van der Waals surface area contributed by atoms with Crippen LogP contribution in [0.15, 0.2) is 54.6 Å². The van der Waals surface area contributed by atoms with Crippen LogP contribution >= 0.6 is 0 Å². The van der Waals surface area contributed by atoms with Crippen molar-refractivity contribution in [3.8, 4) is 0 Å². The van der Waals surface area contributed by atoms with Crippen molar-refractivity contribution in [2.75, 3.05) is 26.2 Å². The number of quaternary nitrogens is 1. The Morgan fingerprint density at radius 2 is 1.86 bits per heavy atom. The lowest BCUT2D eigenvalue weighted by Crippen LogP contribution is -3.13. The molecule has 0 saturated carbocycles. The topological polar surface area (TPSA) is 24.8 Å². The van der Waals surface area contributed by atoms with Gasteiger partial charge in [0.25, 0.3) is 0 Å². The van der Waals surface area contributed by atoms with Gasteiger partial charge in [0.15, 0.2) is 0 Å². The Kier molecular flexibility index (Phi) is 4.54. The summed E-state index contributed by atoms with van der Waals surface area (Å²) >= 11 is 0. The summed E-state index contributed by atoms with van der Waals surface area (Å²) in [7, 11) is 0. The van der Waals surface area contributed by atoms with Gasteiger partial charge in [-0.2, -0.15) is 0 Å². The average Bonchev–Trinajstić information content (AvgIpc) is 2.56. The van der Waals surface area contributed by atoms with Gasteiger partial charge in [0.2, 0.25) is 5.91 Å². The van der Waals surface area contributed by atoms with Crippen molar-refractivity contribution in [2.24, 2.45) is 0 Å². The smallest absolute Gasteiger partial charge is 0.246 e. The molecule has 0 radical (unpaired) electrons. The summed E-state index contributed by atoms with van der Waals surface area (Å²) in [6, 6.07) is 15.1. The molecule has 0 spiro atoms. The largest absolute Gasteiger partial charge is 0.328 e. The summed E-state index contributed by atoms with van der Waals surface area (Å²) in [6.45, 7) is 6.67. The van der Waals surface area contributed by atoms with Crippen LogP contribution in [-0.4, -0.2) is 37.0 Å². The molecule has 22 heavy (non-hydrogen) atoms. The maximum absolute atomic E-state index is 11.9. The van der Waals surface area contributed by atoms with E-state index in [4.69, 9.17) is 0 Å². The molecule has 0 aromatic heterocycles. The average molecular weight is 295 g/mol. The van der Waals surface area contributed by atoms with Crippen LogP contribution in [0.3, 0.4) is 0 Å². The Morgan fingerprint density at radius 3 is 2.64 bits per heavy atom. The van der Waals surface area contributed by atoms with Crippen LogP contribution in [0.1, 0.15) is 12.5 Å². The summed E-state index contributed by atoms with van der Waals surface area (Å²) in [5, 5.41) is 2.66. The lowest BCUT2D eigenvalue weighted by atomic mass is 10.0. The van der Waals surface area contributed by atoms with Crippen LogP contribution in [0, 0.1) is 0 Å². The van der Waals surface area contributed by atoms with Crippen molar-refractivity contribution in [3.63, 3.8) is 0 Å². The number of hydrogen-bond donors (Lipinski definition) is 1. The zero-order chi connectivity index (χ0) is 15.4. The van der Waals surface area contributed by atoms with Crippen LogP contribution < -0.4 is 4.90 Å². The number of benzene rings is 2. The number of fused-ring (bicyclic) bond motifs is 1. The maximum Gasteiger partial charge on any atom is 0.246 e.